The van der Waals surface area contributed by atoms with Crippen LogP contribution in [0.25, 0.3) is 11.2 Å². The maximum Gasteiger partial charge on any atom is 0.430 e. The summed E-state index contributed by atoms with van der Waals surface area (Å²) in [6, 6.07) is 1.74. The van der Waals surface area contributed by atoms with Crippen LogP contribution in [0.3, 0.4) is 0 Å². The molecule has 1 unspecified atom stereocenters. The maximum absolute atomic E-state index is 12.0. The van der Waals surface area contributed by atoms with Crippen LogP contribution in [0.1, 0.15) is 32.4 Å². The monoisotopic (exact) mass is 331 g/mol. The highest BCUT2D eigenvalue weighted by Gasteiger charge is 2.22. The average molecular weight is 331 g/mol. The number of rotatable bonds is 4. The zero-order chi connectivity index (χ0) is 17.9. The Hall–Kier alpha value is -2.81. The van der Waals surface area contributed by atoms with E-state index in [0.29, 0.717) is 11.2 Å². The Morgan fingerprint density at radius 1 is 1.54 bits per heavy atom. The fraction of sp³-hybridized carbons (Fsp3) is 0.400. The Balaban J connectivity index is 2.31. The standard InChI is InChI=1S/C15H21N7O2/c1-15(2,3)24-14(23)22(17)12-8-19-13-11(20-12)5-10(21-13)9(6-16)7-18-4/h5-9,16H,17H2,1-4H3,(H,19,21). The van der Waals surface area contributed by atoms with Crippen LogP contribution in [0.15, 0.2) is 17.3 Å². The molecule has 0 aliphatic heterocycles. The molecule has 24 heavy (non-hydrogen) atoms. The number of ether oxygens (including phenoxy) is 1. The number of nitrogens with zero attached hydrogens (tertiary/aromatic N) is 4. The van der Waals surface area contributed by atoms with Gasteiger partial charge in [-0.3, -0.25) is 4.99 Å². The lowest BCUT2D eigenvalue weighted by Crippen LogP contribution is -2.42. The summed E-state index contributed by atoms with van der Waals surface area (Å²) >= 11 is 0. The molecule has 0 aliphatic carbocycles. The average Bonchev–Trinajstić information content (AvgIpc) is 2.92. The molecule has 0 aliphatic rings. The van der Waals surface area contributed by atoms with Gasteiger partial charge in [0.15, 0.2) is 11.5 Å². The molecule has 9 nitrogen and oxygen atoms in total. The van der Waals surface area contributed by atoms with Crippen molar-refractivity contribution in [1.82, 2.24) is 15.0 Å². The molecule has 0 spiro atoms. The molecule has 2 heterocycles. The summed E-state index contributed by atoms with van der Waals surface area (Å²) in [4.78, 5) is 27.5. The fourth-order valence-corrected chi connectivity index (χ4v) is 1.98. The number of carbonyl (C=O) groups is 1. The molecular formula is C15H21N7O2. The Kier molecular flexibility index (Phi) is 4.93. The maximum atomic E-state index is 12.0. The summed E-state index contributed by atoms with van der Waals surface area (Å²) in [5, 5.41) is 8.27. The van der Waals surface area contributed by atoms with E-state index in [2.05, 4.69) is 19.9 Å². The van der Waals surface area contributed by atoms with Gasteiger partial charge >= 0.3 is 6.09 Å². The minimum absolute atomic E-state index is 0.165. The summed E-state index contributed by atoms with van der Waals surface area (Å²) in [7, 11) is 1.64. The predicted molar refractivity (Wildman–Crippen MR) is 92.7 cm³/mol. The Morgan fingerprint density at radius 3 is 2.83 bits per heavy atom. The van der Waals surface area contributed by atoms with E-state index in [1.165, 1.54) is 12.4 Å². The van der Waals surface area contributed by atoms with E-state index in [1.807, 2.05) is 0 Å². The number of anilines is 1. The Morgan fingerprint density at radius 2 is 2.25 bits per heavy atom. The van der Waals surface area contributed by atoms with Gasteiger partial charge in [0, 0.05) is 25.2 Å². The van der Waals surface area contributed by atoms with Crippen LogP contribution >= 0.6 is 0 Å². The number of hydrazine groups is 1. The van der Waals surface area contributed by atoms with Crippen molar-refractivity contribution < 1.29 is 9.53 Å². The summed E-state index contributed by atoms with van der Waals surface area (Å²) < 4.78 is 5.20. The number of hydrogen-bond donors (Lipinski definition) is 3. The van der Waals surface area contributed by atoms with Gasteiger partial charge in [-0.05, 0) is 26.8 Å². The molecule has 0 aromatic carbocycles. The van der Waals surface area contributed by atoms with E-state index in [9.17, 15) is 4.79 Å². The third-order valence-electron chi connectivity index (χ3n) is 3.03. The minimum atomic E-state index is -0.720. The van der Waals surface area contributed by atoms with E-state index < -0.39 is 11.7 Å². The molecule has 1 atom stereocenters. The summed E-state index contributed by atoms with van der Waals surface area (Å²) in [6.07, 6.45) is 3.55. The number of amides is 1. The number of H-pyrrole nitrogens is 1. The topological polar surface area (TPSA) is 133 Å². The second-order valence-electron chi connectivity index (χ2n) is 6.14. The summed E-state index contributed by atoms with van der Waals surface area (Å²) in [6.45, 7) is 5.25. The number of aliphatic imine (C=N–C) groups is 1. The zero-order valence-corrected chi connectivity index (χ0v) is 14.1. The van der Waals surface area contributed by atoms with Crippen LogP contribution in [-0.4, -0.2) is 46.1 Å². The van der Waals surface area contributed by atoms with Crippen molar-refractivity contribution >= 4 is 35.5 Å². The first-order valence-electron chi connectivity index (χ1n) is 7.31. The van der Waals surface area contributed by atoms with E-state index in [1.54, 1.807) is 40.1 Å². The molecule has 0 saturated carbocycles. The second kappa shape index (κ2) is 6.75. The Labute approximate surface area is 139 Å². The normalized spacial score (nSPS) is 13.2. The first-order valence-corrected chi connectivity index (χ1v) is 7.31. The van der Waals surface area contributed by atoms with E-state index in [0.717, 1.165) is 10.7 Å². The van der Waals surface area contributed by atoms with Crippen molar-refractivity contribution in [2.45, 2.75) is 32.3 Å². The van der Waals surface area contributed by atoms with Gasteiger partial charge in [-0.2, -0.15) is 5.01 Å². The van der Waals surface area contributed by atoms with Crippen LogP contribution < -0.4 is 10.9 Å². The highest BCUT2D eigenvalue weighted by molar-refractivity contribution is 5.91. The van der Waals surface area contributed by atoms with Gasteiger partial charge < -0.3 is 15.1 Å². The molecule has 2 rings (SSSR count). The SMILES string of the molecule is CN=CC(C=N)c1cc2nc(N(N)C(=O)OC(C)(C)C)cnc2[nH]1. The number of fused-ring (bicyclic) bond motifs is 1. The highest BCUT2D eigenvalue weighted by Crippen LogP contribution is 2.20. The lowest BCUT2D eigenvalue weighted by molar-refractivity contribution is 0.0579. The van der Waals surface area contributed by atoms with E-state index >= 15 is 0 Å². The highest BCUT2D eigenvalue weighted by atomic mass is 16.6. The predicted octanol–water partition coefficient (Wildman–Crippen LogP) is 2.01. The zero-order valence-electron chi connectivity index (χ0n) is 14.1. The quantitative estimate of drug-likeness (QED) is 0.341. The molecule has 1 amide bonds. The number of aromatic nitrogens is 3. The van der Waals surface area contributed by atoms with Gasteiger partial charge in [0.1, 0.15) is 11.1 Å². The van der Waals surface area contributed by atoms with Gasteiger partial charge in [-0.25, -0.2) is 20.6 Å². The van der Waals surface area contributed by atoms with Crippen LogP contribution in [0.5, 0.6) is 0 Å². The molecule has 9 heteroatoms. The number of nitrogens with one attached hydrogen (secondary N) is 2. The molecule has 0 radical (unpaired) electrons. The van der Waals surface area contributed by atoms with Crippen molar-refractivity contribution in [2.24, 2.45) is 10.8 Å². The van der Waals surface area contributed by atoms with Crippen LogP contribution in [0.2, 0.25) is 0 Å². The van der Waals surface area contributed by atoms with Crippen molar-refractivity contribution in [1.29, 1.82) is 5.41 Å². The molecular weight excluding hydrogens is 310 g/mol. The first-order chi connectivity index (χ1) is 11.2. The van der Waals surface area contributed by atoms with Gasteiger partial charge in [0.2, 0.25) is 0 Å². The molecule has 128 valence electrons. The summed E-state index contributed by atoms with van der Waals surface area (Å²) in [5.41, 5.74) is 1.12. The van der Waals surface area contributed by atoms with Gasteiger partial charge in [-0.1, -0.05) is 0 Å². The smallest absolute Gasteiger partial charge is 0.430 e. The third-order valence-corrected chi connectivity index (χ3v) is 3.03. The van der Waals surface area contributed by atoms with Crippen LogP contribution in [0.4, 0.5) is 10.6 Å². The molecule has 4 N–H and O–H groups in total. The molecule has 2 aromatic rings. The van der Waals surface area contributed by atoms with E-state index in [-0.39, 0.29) is 11.7 Å². The van der Waals surface area contributed by atoms with Crippen molar-refractivity contribution in [3.05, 3.63) is 18.0 Å². The molecule has 0 saturated heterocycles. The Bertz CT molecular complexity index is 776. The first kappa shape index (κ1) is 17.5. The van der Waals surface area contributed by atoms with Gasteiger partial charge in [0.05, 0.1) is 12.1 Å². The summed E-state index contributed by atoms with van der Waals surface area (Å²) in [5.74, 6) is 5.63. The number of nitrogens with two attached hydrogens (primary N) is 1. The third kappa shape index (κ3) is 3.93. The largest absolute Gasteiger partial charge is 0.442 e. The minimum Gasteiger partial charge on any atom is -0.442 e. The van der Waals surface area contributed by atoms with Crippen LogP contribution in [0, 0.1) is 5.41 Å². The number of carbonyl (C=O) groups excluding carboxylic acids is 1. The number of hydrogen-bond acceptors (Lipinski definition) is 7. The van der Waals surface area contributed by atoms with Gasteiger partial charge in [-0.15, -0.1) is 0 Å². The van der Waals surface area contributed by atoms with Crippen molar-refractivity contribution in [2.75, 3.05) is 12.1 Å². The lowest BCUT2D eigenvalue weighted by atomic mass is 10.1. The lowest BCUT2D eigenvalue weighted by Gasteiger charge is -2.23. The van der Waals surface area contributed by atoms with Crippen molar-refractivity contribution in [3.63, 3.8) is 0 Å². The van der Waals surface area contributed by atoms with Crippen LogP contribution in [-0.2, 0) is 4.74 Å². The second-order valence-corrected chi connectivity index (χ2v) is 6.14. The molecule has 0 fully saturated rings. The number of aromatic amines is 1. The van der Waals surface area contributed by atoms with Crippen molar-refractivity contribution in [3.8, 4) is 0 Å². The van der Waals surface area contributed by atoms with E-state index in [4.69, 9.17) is 16.0 Å². The van der Waals surface area contributed by atoms with Gasteiger partial charge in [0.25, 0.3) is 0 Å². The fourth-order valence-electron chi connectivity index (χ4n) is 1.98. The molecule has 0 bridgehead atoms. The molecule has 2 aromatic heterocycles.